The average molecular weight is 280 g/mol. The van der Waals surface area contributed by atoms with E-state index < -0.39 is 0 Å². The molecule has 1 aliphatic rings. The number of hydrogen-bond donors (Lipinski definition) is 1. The van der Waals surface area contributed by atoms with Gasteiger partial charge in [0, 0.05) is 18.8 Å². The van der Waals surface area contributed by atoms with E-state index in [9.17, 15) is 4.79 Å². The molecule has 3 heteroatoms. The standard InChI is InChI=1S/C16H22ClNO/c17-11-14-6-3-7-15(10-14)12-18-16(19)9-8-13-4-1-2-5-13/h3,6-7,10,13H,1-2,4-5,8-9,11-12H2,(H,18,19). The molecule has 1 aromatic carbocycles. The van der Waals surface area contributed by atoms with Crippen LogP contribution in [-0.2, 0) is 17.2 Å². The number of nitrogens with one attached hydrogen (secondary N) is 1. The maximum atomic E-state index is 11.8. The number of halogens is 1. The van der Waals surface area contributed by atoms with Gasteiger partial charge < -0.3 is 5.32 Å². The quantitative estimate of drug-likeness (QED) is 0.783. The third kappa shape index (κ3) is 4.87. The SMILES string of the molecule is O=C(CCC1CCCC1)NCc1cccc(CCl)c1. The fourth-order valence-corrected chi connectivity index (χ4v) is 2.91. The van der Waals surface area contributed by atoms with Crippen molar-refractivity contribution in [1.82, 2.24) is 5.32 Å². The Morgan fingerprint density at radius 3 is 2.74 bits per heavy atom. The summed E-state index contributed by atoms with van der Waals surface area (Å²) < 4.78 is 0. The lowest BCUT2D eigenvalue weighted by molar-refractivity contribution is -0.121. The van der Waals surface area contributed by atoms with Crippen molar-refractivity contribution in [2.75, 3.05) is 0 Å². The van der Waals surface area contributed by atoms with Gasteiger partial charge in [-0.2, -0.15) is 0 Å². The first-order valence-corrected chi connectivity index (χ1v) is 7.72. The van der Waals surface area contributed by atoms with E-state index in [2.05, 4.69) is 5.32 Å². The van der Waals surface area contributed by atoms with Crippen LogP contribution in [0.3, 0.4) is 0 Å². The van der Waals surface area contributed by atoms with Gasteiger partial charge in [-0.05, 0) is 23.5 Å². The lowest BCUT2D eigenvalue weighted by Gasteiger charge is -2.09. The summed E-state index contributed by atoms with van der Waals surface area (Å²) in [5.74, 6) is 1.47. The summed E-state index contributed by atoms with van der Waals surface area (Å²) in [5.41, 5.74) is 2.21. The van der Waals surface area contributed by atoms with Crippen LogP contribution in [0.2, 0.25) is 0 Å². The van der Waals surface area contributed by atoms with Crippen molar-refractivity contribution in [2.24, 2.45) is 5.92 Å². The highest BCUT2D eigenvalue weighted by atomic mass is 35.5. The molecular formula is C16H22ClNO. The molecule has 1 amide bonds. The first-order valence-electron chi connectivity index (χ1n) is 7.18. The first kappa shape index (κ1) is 14.4. The number of rotatable bonds is 6. The number of alkyl halides is 1. The van der Waals surface area contributed by atoms with Crippen LogP contribution in [0.5, 0.6) is 0 Å². The predicted molar refractivity (Wildman–Crippen MR) is 79.0 cm³/mol. The monoisotopic (exact) mass is 279 g/mol. The van der Waals surface area contributed by atoms with E-state index in [0.717, 1.165) is 23.5 Å². The molecule has 104 valence electrons. The topological polar surface area (TPSA) is 29.1 Å². The molecule has 2 nitrogen and oxygen atoms in total. The van der Waals surface area contributed by atoms with Crippen molar-refractivity contribution < 1.29 is 4.79 Å². The van der Waals surface area contributed by atoms with Crippen molar-refractivity contribution in [3.63, 3.8) is 0 Å². The van der Waals surface area contributed by atoms with Crippen LogP contribution in [0.4, 0.5) is 0 Å². The number of benzene rings is 1. The van der Waals surface area contributed by atoms with Crippen molar-refractivity contribution in [1.29, 1.82) is 0 Å². The largest absolute Gasteiger partial charge is 0.352 e. The molecule has 1 aliphatic carbocycles. The van der Waals surface area contributed by atoms with Crippen LogP contribution < -0.4 is 5.32 Å². The Morgan fingerprint density at radius 1 is 1.26 bits per heavy atom. The summed E-state index contributed by atoms with van der Waals surface area (Å²) >= 11 is 5.80. The average Bonchev–Trinajstić information content (AvgIpc) is 2.96. The minimum atomic E-state index is 0.170. The number of carbonyl (C=O) groups excluding carboxylic acids is 1. The van der Waals surface area contributed by atoms with Gasteiger partial charge in [0.25, 0.3) is 0 Å². The first-order chi connectivity index (χ1) is 9.28. The molecule has 0 bridgehead atoms. The Hall–Kier alpha value is -1.02. The minimum absolute atomic E-state index is 0.170. The van der Waals surface area contributed by atoms with Crippen LogP contribution in [0.1, 0.15) is 49.7 Å². The maximum absolute atomic E-state index is 11.8. The molecule has 0 atom stereocenters. The van der Waals surface area contributed by atoms with Gasteiger partial charge in [0.15, 0.2) is 0 Å². The van der Waals surface area contributed by atoms with E-state index in [0.29, 0.717) is 18.8 Å². The highest BCUT2D eigenvalue weighted by Crippen LogP contribution is 2.28. The molecule has 0 unspecified atom stereocenters. The molecular weight excluding hydrogens is 258 g/mol. The Bertz CT molecular complexity index is 413. The van der Waals surface area contributed by atoms with Gasteiger partial charge in [0.2, 0.25) is 5.91 Å². The Labute approximate surface area is 120 Å². The second-order valence-corrected chi connectivity index (χ2v) is 5.69. The highest BCUT2D eigenvalue weighted by Gasteiger charge is 2.15. The Kier molecular flexibility index (Phi) is 5.71. The van der Waals surface area contributed by atoms with E-state index in [-0.39, 0.29) is 5.91 Å². The Morgan fingerprint density at radius 2 is 2.00 bits per heavy atom. The predicted octanol–water partition coefficient (Wildman–Crippen LogP) is 4.01. The molecule has 0 heterocycles. The molecule has 1 aromatic rings. The number of amides is 1. The zero-order valence-electron chi connectivity index (χ0n) is 11.3. The van der Waals surface area contributed by atoms with E-state index in [4.69, 9.17) is 11.6 Å². The summed E-state index contributed by atoms with van der Waals surface area (Å²) in [6.07, 6.45) is 7.03. The lowest BCUT2D eigenvalue weighted by atomic mass is 10.0. The van der Waals surface area contributed by atoms with Crippen LogP contribution >= 0.6 is 11.6 Å². The molecule has 1 saturated carbocycles. The van der Waals surface area contributed by atoms with Gasteiger partial charge in [-0.3, -0.25) is 4.79 Å². The van der Waals surface area contributed by atoms with Crippen molar-refractivity contribution >= 4 is 17.5 Å². The van der Waals surface area contributed by atoms with E-state index in [1.165, 1.54) is 25.7 Å². The van der Waals surface area contributed by atoms with Gasteiger partial charge in [-0.15, -0.1) is 11.6 Å². The van der Waals surface area contributed by atoms with Gasteiger partial charge in [0.1, 0.15) is 0 Å². The fourth-order valence-electron chi connectivity index (χ4n) is 2.75. The smallest absolute Gasteiger partial charge is 0.220 e. The second kappa shape index (κ2) is 7.54. The molecule has 1 fully saturated rings. The molecule has 2 rings (SSSR count). The summed E-state index contributed by atoms with van der Waals surface area (Å²) in [5, 5.41) is 2.99. The number of hydrogen-bond acceptors (Lipinski definition) is 1. The number of carbonyl (C=O) groups is 1. The second-order valence-electron chi connectivity index (χ2n) is 5.42. The molecule has 19 heavy (non-hydrogen) atoms. The van der Waals surface area contributed by atoms with Crippen LogP contribution in [0.15, 0.2) is 24.3 Å². The maximum Gasteiger partial charge on any atom is 0.220 e. The minimum Gasteiger partial charge on any atom is -0.352 e. The molecule has 1 N–H and O–H groups in total. The van der Waals surface area contributed by atoms with Crippen molar-refractivity contribution in [3.05, 3.63) is 35.4 Å². The van der Waals surface area contributed by atoms with Crippen LogP contribution in [0.25, 0.3) is 0 Å². The van der Waals surface area contributed by atoms with Crippen molar-refractivity contribution in [3.8, 4) is 0 Å². The van der Waals surface area contributed by atoms with Crippen LogP contribution in [0, 0.1) is 5.92 Å². The van der Waals surface area contributed by atoms with Gasteiger partial charge >= 0.3 is 0 Å². The molecule has 0 saturated heterocycles. The van der Waals surface area contributed by atoms with Gasteiger partial charge in [-0.1, -0.05) is 49.9 Å². The molecule has 0 aromatic heterocycles. The van der Waals surface area contributed by atoms with E-state index in [1.807, 2.05) is 24.3 Å². The van der Waals surface area contributed by atoms with Gasteiger partial charge in [-0.25, -0.2) is 0 Å². The third-order valence-electron chi connectivity index (χ3n) is 3.89. The van der Waals surface area contributed by atoms with Gasteiger partial charge in [0.05, 0.1) is 0 Å². The normalized spacial score (nSPS) is 15.6. The van der Waals surface area contributed by atoms with E-state index >= 15 is 0 Å². The lowest BCUT2D eigenvalue weighted by Crippen LogP contribution is -2.23. The summed E-state index contributed by atoms with van der Waals surface area (Å²) in [6, 6.07) is 8.05. The zero-order chi connectivity index (χ0) is 13.5. The summed E-state index contributed by atoms with van der Waals surface area (Å²) in [7, 11) is 0. The van der Waals surface area contributed by atoms with Crippen LogP contribution in [-0.4, -0.2) is 5.91 Å². The van der Waals surface area contributed by atoms with Crippen molar-refractivity contribution in [2.45, 2.75) is 50.9 Å². The highest BCUT2D eigenvalue weighted by molar-refractivity contribution is 6.17. The van der Waals surface area contributed by atoms with E-state index in [1.54, 1.807) is 0 Å². The molecule has 0 spiro atoms. The zero-order valence-corrected chi connectivity index (χ0v) is 12.1. The summed E-state index contributed by atoms with van der Waals surface area (Å²) in [4.78, 5) is 11.8. The fraction of sp³-hybridized carbons (Fsp3) is 0.562. The molecule has 0 radical (unpaired) electrons. The Balaban J connectivity index is 1.70. The summed E-state index contributed by atoms with van der Waals surface area (Å²) in [6.45, 7) is 0.605. The molecule has 0 aliphatic heterocycles. The third-order valence-corrected chi connectivity index (χ3v) is 4.20.